The zero-order chi connectivity index (χ0) is 32.9. The summed E-state index contributed by atoms with van der Waals surface area (Å²) in [7, 11) is 3.95. The van der Waals surface area contributed by atoms with E-state index in [1.54, 1.807) is 27.7 Å². The van der Waals surface area contributed by atoms with Crippen molar-refractivity contribution in [3.63, 3.8) is 0 Å². The third kappa shape index (κ3) is 7.29. The molecule has 1 N–H and O–H groups in total. The van der Waals surface area contributed by atoms with E-state index < -0.39 is 5.82 Å². The van der Waals surface area contributed by atoms with E-state index in [0.717, 1.165) is 23.9 Å². The van der Waals surface area contributed by atoms with Gasteiger partial charge in [0.25, 0.3) is 0 Å². The summed E-state index contributed by atoms with van der Waals surface area (Å²) in [6.07, 6.45) is 4.92. The molecule has 1 aromatic carbocycles. The molecule has 13 heteroatoms. The molecule has 0 radical (unpaired) electrons. The van der Waals surface area contributed by atoms with Crippen molar-refractivity contribution >= 4 is 23.1 Å². The number of hydrogen-bond donors (Lipinski definition) is 1. The number of amides is 1. The van der Waals surface area contributed by atoms with Crippen LogP contribution in [-0.4, -0.2) is 118 Å². The molecule has 246 valence electrons. The number of piperidine rings is 1. The topological polar surface area (TPSA) is 120 Å². The Morgan fingerprint density at radius 3 is 2.68 bits per heavy atom. The molecule has 6 rings (SSSR count). The van der Waals surface area contributed by atoms with Crippen LogP contribution in [0.15, 0.2) is 54.9 Å². The number of carbonyl (C=O) groups excluding carboxylic acids is 1. The Labute approximate surface area is 274 Å². The maximum absolute atomic E-state index is 17.0. The van der Waals surface area contributed by atoms with Crippen molar-refractivity contribution < 1.29 is 14.3 Å². The molecule has 12 nitrogen and oxygen atoms in total. The van der Waals surface area contributed by atoms with Gasteiger partial charge >= 0.3 is 0 Å². The predicted molar refractivity (Wildman–Crippen MR) is 178 cm³/mol. The van der Waals surface area contributed by atoms with E-state index >= 15 is 4.39 Å². The number of likely N-dealkylation sites (N-methyl/N-ethyl adjacent to an activating group) is 1. The van der Waals surface area contributed by atoms with Crippen LogP contribution in [0.4, 0.5) is 16.0 Å². The third-order valence-corrected chi connectivity index (χ3v) is 8.95. The highest BCUT2D eigenvalue weighted by atomic mass is 19.1. The molecule has 4 aromatic rings. The van der Waals surface area contributed by atoms with Gasteiger partial charge in [0.1, 0.15) is 12.2 Å². The largest absolute Gasteiger partial charge is 0.508 e. The zero-order valence-corrected chi connectivity index (χ0v) is 27.0. The van der Waals surface area contributed by atoms with Crippen molar-refractivity contribution in [3.8, 4) is 23.2 Å². The molecule has 2 fully saturated rings. The third-order valence-electron chi connectivity index (χ3n) is 8.95. The molecule has 0 unspecified atom stereocenters. The number of aromatic hydroxyl groups is 1. The lowest BCUT2D eigenvalue weighted by Crippen LogP contribution is -2.52. The monoisotopic (exact) mass is 640 g/mol. The quantitative estimate of drug-likeness (QED) is 0.277. The highest BCUT2D eigenvalue weighted by Crippen LogP contribution is 2.33. The Bertz CT molecular complexity index is 1750. The first-order valence-corrected chi connectivity index (χ1v) is 16.1. The fourth-order valence-corrected chi connectivity index (χ4v) is 6.47. The zero-order valence-electron chi connectivity index (χ0n) is 27.0. The fraction of sp³-hybridized carbons (Fsp3) is 0.441. The summed E-state index contributed by atoms with van der Waals surface area (Å²) in [4.78, 5) is 32.5. The number of benzene rings is 1. The van der Waals surface area contributed by atoms with Crippen LogP contribution in [0.5, 0.6) is 5.75 Å². The van der Waals surface area contributed by atoms with Gasteiger partial charge < -0.3 is 24.7 Å². The number of carbonyl (C=O) groups is 1. The standard InChI is InChI=1S/C34H41FN10O2/c1-40(2)15-20-44(26-8-6-13-43(24-26)30(47)11-12-36)34-31(35)33(38-32(39-34)28-22-37-45-14-4-3-10-29(28)45)42-18-16-41(17-19-42)23-25-7-5-9-27(46)21-25/h3-5,7,9-10,14,21-22,26,46H,6,8,11,13,15-20,23-24H2,1-2H3/t26-/m1/s1. The molecule has 2 aliphatic rings. The Hall–Kier alpha value is -4.80. The van der Waals surface area contributed by atoms with Gasteiger partial charge in [0.05, 0.1) is 23.3 Å². The summed E-state index contributed by atoms with van der Waals surface area (Å²) >= 11 is 0. The van der Waals surface area contributed by atoms with Gasteiger partial charge in [0.15, 0.2) is 17.5 Å². The van der Waals surface area contributed by atoms with Crippen molar-refractivity contribution in [3.05, 3.63) is 66.2 Å². The minimum absolute atomic E-state index is 0.174. The first-order chi connectivity index (χ1) is 22.8. The fourth-order valence-electron chi connectivity index (χ4n) is 6.47. The summed E-state index contributed by atoms with van der Waals surface area (Å²) in [6, 6.07) is 14.8. The first-order valence-electron chi connectivity index (χ1n) is 16.1. The molecule has 3 aromatic heterocycles. The van der Waals surface area contributed by atoms with Crippen LogP contribution < -0.4 is 9.80 Å². The number of hydrogen-bond acceptors (Lipinski definition) is 10. The van der Waals surface area contributed by atoms with Crippen LogP contribution in [0, 0.1) is 17.1 Å². The van der Waals surface area contributed by atoms with E-state index in [9.17, 15) is 9.90 Å². The molecule has 2 saturated heterocycles. The molecule has 47 heavy (non-hydrogen) atoms. The summed E-state index contributed by atoms with van der Waals surface area (Å²) in [5.41, 5.74) is 2.55. The van der Waals surface area contributed by atoms with Gasteiger partial charge in [-0.2, -0.15) is 14.8 Å². The van der Waals surface area contributed by atoms with Crippen LogP contribution in [0.3, 0.4) is 0 Å². The Kier molecular flexibility index (Phi) is 9.79. The maximum atomic E-state index is 17.0. The minimum atomic E-state index is -0.481. The van der Waals surface area contributed by atoms with Crippen LogP contribution >= 0.6 is 0 Å². The lowest BCUT2D eigenvalue weighted by molar-refractivity contribution is -0.131. The second-order valence-electron chi connectivity index (χ2n) is 12.5. The van der Waals surface area contributed by atoms with Crippen molar-refractivity contribution in [2.75, 3.05) is 76.3 Å². The Balaban J connectivity index is 1.36. The number of piperazine rings is 1. The molecular weight excluding hydrogens is 599 g/mol. The van der Waals surface area contributed by atoms with Gasteiger partial charge in [0, 0.05) is 71.1 Å². The minimum Gasteiger partial charge on any atom is -0.508 e. The number of anilines is 2. The smallest absolute Gasteiger partial charge is 0.236 e. The average molecular weight is 641 g/mol. The molecule has 0 aliphatic carbocycles. The molecular formula is C34H41FN10O2. The number of likely N-dealkylation sites (tertiary alicyclic amines) is 1. The molecule has 0 saturated carbocycles. The van der Waals surface area contributed by atoms with Crippen molar-refractivity contribution in [1.29, 1.82) is 5.26 Å². The molecule has 1 amide bonds. The van der Waals surface area contributed by atoms with E-state index in [0.29, 0.717) is 70.3 Å². The first kappa shape index (κ1) is 32.2. The van der Waals surface area contributed by atoms with Crippen LogP contribution in [0.2, 0.25) is 0 Å². The maximum Gasteiger partial charge on any atom is 0.236 e. The predicted octanol–water partition coefficient (Wildman–Crippen LogP) is 3.23. The van der Waals surface area contributed by atoms with Crippen molar-refractivity contribution in [2.24, 2.45) is 0 Å². The number of halogens is 1. The average Bonchev–Trinajstić information content (AvgIpc) is 3.50. The number of nitriles is 1. The highest BCUT2D eigenvalue weighted by Gasteiger charge is 2.33. The van der Waals surface area contributed by atoms with Gasteiger partial charge in [-0.05, 0) is 56.8 Å². The number of pyridine rings is 1. The van der Waals surface area contributed by atoms with Crippen molar-refractivity contribution in [2.45, 2.75) is 31.8 Å². The lowest BCUT2D eigenvalue weighted by atomic mass is 10.0. The summed E-state index contributed by atoms with van der Waals surface area (Å²) in [5, 5.41) is 23.6. The second-order valence-corrected chi connectivity index (χ2v) is 12.5. The van der Waals surface area contributed by atoms with E-state index in [1.165, 1.54) is 0 Å². The van der Waals surface area contributed by atoms with E-state index in [4.69, 9.17) is 15.2 Å². The molecule has 1 atom stereocenters. The Morgan fingerprint density at radius 1 is 1.09 bits per heavy atom. The van der Waals surface area contributed by atoms with Crippen LogP contribution in [0.1, 0.15) is 24.8 Å². The SMILES string of the molecule is CN(C)CCN(c1nc(-c2cnn3ccccc23)nc(N2CCN(Cc3cccc(O)c3)CC2)c1F)[C@@H]1CCCN(C(=O)CC#N)C1. The summed E-state index contributed by atoms with van der Waals surface area (Å²) < 4.78 is 18.7. The van der Waals surface area contributed by atoms with Gasteiger partial charge in [-0.1, -0.05) is 18.2 Å². The Morgan fingerprint density at radius 2 is 1.91 bits per heavy atom. The molecule has 5 heterocycles. The number of rotatable bonds is 10. The molecule has 0 bridgehead atoms. The highest BCUT2D eigenvalue weighted by molar-refractivity contribution is 5.79. The number of phenols is 1. The van der Waals surface area contributed by atoms with Gasteiger partial charge in [0.2, 0.25) is 11.7 Å². The van der Waals surface area contributed by atoms with E-state index in [1.807, 2.05) is 71.4 Å². The molecule has 0 spiro atoms. The van der Waals surface area contributed by atoms with Crippen molar-refractivity contribution in [1.82, 2.24) is 34.3 Å². The van der Waals surface area contributed by atoms with E-state index in [-0.39, 0.29) is 35.8 Å². The number of nitrogens with zero attached hydrogens (tertiary/aromatic N) is 10. The second kappa shape index (κ2) is 14.3. The van der Waals surface area contributed by atoms with Crippen LogP contribution in [0.25, 0.3) is 16.9 Å². The summed E-state index contributed by atoms with van der Waals surface area (Å²) in [5.74, 6) is 0.411. The lowest BCUT2D eigenvalue weighted by Gasteiger charge is -2.41. The van der Waals surface area contributed by atoms with Gasteiger partial charge in [-0.25, -0.2) is 14.5 Å². The van der Waals surface area contributed by atoms with Gasteiger partial charge in [-0.15, -0.1) is 0 Å². The normalized spacial score (nSPS) is 17.3. The molecule has 2 aliphatic heterocycles. The van der Waals surface area contributed by atoms with Crippen LogP contribution in [-0.2, 0) is 11.3 Å². The van der Waals surface area contributed by atoms with E-state index in [2.05, 4.69) is 10.00 Å². The number of aromatic nitrogens is 4. The summed E-state index contributed by atoms with van der Waals surface area (Å²) in [6.45, 7) is 5.35. The number of fused-ring (bicyclic) bond motifs is 1. The van der Waals surface area contributed by atoms with Gasteiger partial charge in [-0.3, -0.25) is 9.69 Å². The number of phenolic OH excluding ortho intramolecular Hbond substituents is 1.